The summed E-state index contributed by atoms with van der Waals surface area (Å²) in [6, 6.07) is 13.4. The Balaban J connectivity index is 1.30. The van der Waals surface area contributed by atoms with Gasteiger partial charge in [-0.15, -0.1) is 0 Å². The fourth-order valence-electron chi connectivity index (χ4n) is 3.92. The van der Waals surface area contributed by atoms with Crippen molar-refractivity contribution in [3.8, 4) is 5.75 Å². The van der Waals surface area contributed by atoms with Crippen LogP contribution in [0.25, 0.3) is 0 Å². The minimum Gasteiger partial charge on any atom is -0.497 e. The summed E-state index contributed by atoms with van der Waals surface area (Å²) in [6.07, 6.45) is 0.276. The Hall–Kier alpha value is -3.29. The molecule has 1 N–H and O–H groups in total. The third-order valence-corrected chi connectivity index (χ3v) is 5.58. The number of benzene rings is 2. The van der Waals surface area contributed by atoms with Gasteiger partial charge in [0.1, 0.15) is 11.6 Å². The normalized spacial score (nSPS) is 19.2. The second-order valence-electron chi connectivity index (χ2n) is 7.51. The summed E-state index contributed by atoms with van der Waals surface area (Å²) in [4.78, 5) is 30.7. The van der Waals surface area contributed by atoms with Crippen LogP contribution in [0, 0.1) is 5.82 Å². The van der Waals surface area contributed by atoms with Gasteiger partial charge in [0.2, 0.25) is 5.91 Å². The Morgan fingerprint density at radius 3 is 2.50 bits per heavy atom. The van der Waals surface area contributed by atoms with E-state index in [4.69, 9.17) is 4.74 Å². The lowest BCUT2D eigenvalue weighted by atomic mass is 10.2. The minimum atomic E-state index is -0.258. The smallest absolute Gasteiger partial charge is 0.317 e. The average Bonchev–Trinajstić information content (AvgIpc) is 3.14. The lowest BCUT2D eigenvalue weighted by molar-refractivity contribution is -0.117. The van der Waals surface area contributed by atoms with Crippen LogP contribution in [0.1, 0.15) is 6.42 Å². The molecule has 0 aliphatic carbocycles. The van der Waals surface area contributed by atoms with E-state index >= 15 is 0 Å². The Morgan fingerprint density at radius 2 is 1.80 bits per heavy atom. The van der Waals surface area contributed by atoms with Crippen molar-refractivity contribution >= 4 is 23.3 Å². The van der Waals surface area contributed by atoms with E-state index in [2.05, 4.69) is 10.2 Å². The molecular weight excluding hydrogens is 387 g/mol. The first-order valence-corrected chi connectivity index (χ1v) is 10.0. The molecule has 4 rings (SSSR count). The van der Waals surface area contributed by atoms with Crippen molar-refractivity contribution < 1.29 is 18.7 Å². The number of anilines is 2. The van der Waals surface area contributed by atoms with Crippen molar-refractivity contribution in [3.05, 3.63) is 54.3 Å². The maximum Gasteiger partial charge on any atom is 0.317 e. The summed E-state index contributed by atoms with van der Waals surface area (Å²) in [7, 11) is 1.59. The van der Waals surface area contributed by atoms with Gasteiger partial charge in [0.15, 0.2) is 0 Å². The Morgan fingerprint density at radius 1 is 1.07 bits per heavy atom. The van der Waals surface area contributed by atoms with Crippen LogP contribution in [0.15, 0.2) is 48.5 Å². The first kappa shape index (κ1) is 20.0. The fourth-order valence-corrected chi connectivity index (χ4v) is 3.92. The van der Waals surface area contributed by atoms with Gasteiger partial charge in [0.25, 0.3) is 0 Å². The van der Waals surface area contributed by atoms with E-state index in [1.807, 2.05) is 24.3 Å². The van der Waals surface area contributed by atoms with Crippen molar-refractivity contribution in [2.24, 2.45) is 0 Å². The largest absolute Gasteiger partial charge is 0.497 e. The summed E-state index contributed by atoms with van der Waals surface area (Å²) in [5.41, 5.74) is 1.72. The topological polar surface area (TPSA) is 65.1 Å². The summed E-state index contributed by atoms with van der Waals surface area (Å²) in [6.45, 7) is 2.94. The summed E-state index contributed by atoms with van der Waals surface area (Å²) < 4.78 is 18.3. The molecule has 2 aliphatic heterocycles. The van der Waals surface area contributed by atoms with Gasteiger partial charge in [-0.25, -0.2) is 9.18 Å². The highest BCUT2D eigenvalue weighted by Crippen LogP contribution is 2.25. The quantitative estimate of drug-likeness (QED) is 0.838. The third-order valence-electron chi connectivity index (χ3n) is 5.58. The second-order valence-corrected chi connectivity index (χ2v) is 7.51. The van der Waals surface area contributed by atoms with Crippen molar-refractivity contribution in [2.75, 3.05) is 49.6 Å². The minimum absolute atomic E-state index is 0.0188. The molecule has 2 aromatic rings. The molecule has 2 saturated heterocycles. The van der Waals surface area contributed by atoms with E-state index in [1.54, 1.807) is 29.0 Å². The molecule has 0 aromatic heterocycles. The molecule has 30 heavy (non-hydrogen) atoms. The summed E-state index contributed by atoms with van der Waals surface area (Å²) in [5, 5.41) is 2.99. The highest BCUT2D eigenvalue weighted by atomic mass is 19.1. The van der Waals surface area contributed by atoms with E-state index in [0.29, 0.717) is 38.5 Å². The van der Waals surface area contributed by atoms with Crippen LogP contribution in [0.5, 0.6) is 5.75 Å². The third kappa shape index (κ3) is 4.32. The number of carbonyl (C=O) groups is 2. The van der Waals surface area contributed by atoms with Crippen LogP contribution in [-0.2, 0) is 4.79 Å². The first-order valence-electron chi connectivity index (χ1n) is 10.0. The second kappa shape index (κ2) is 8.61. The summed E-state index contributed by atoms with van der Waals surface area (Å²) in [5.74, 6) is 0.410. The number of halogens is 1. The van der Waals surface area contributed by atoms with E-state index in [0.717, 1.165) is 11.4 Å². The van der Waals surface area contributed by atoms with Crippen LogP contribution in [0.2, 0.25) is 0 Å². The number of piperazine rings is 1. The number of rotatable bonds is 4. The van der Waals surface area contributed by atoms with Gasteiger partial charge in [0.05, 0.1) is 13.2 Å². The predicted octanol–water partition coefficient (Wildman–Crippen LogP) is 2.47. The first-order chi connectivity index (χ1) is 14.5. The van der Waals surface area contributed by atoms with Gasteiger partial charge in [-0.05, 0) is 36.4 Å². The molecule has 0 radical (unpaired) electrons. The molecule has 1 atom stereocenters. The highest BCUT2D eigenvalue weighted by molar-refractivity contribution is 5.97. The molecule has 7 nitrogen and oxygen atoms in total. The number of nitrogens with one attached hydrogen (secondary N) is 1. The molecular formula is C22H25FN4O3. The average molecular weight is 412 g/mol. The molecule has 8 heteroatoms. The number of amides is 3. The monoisotopic (exact) mass is 412 g/mol. The lowest BCUT2D eigenvalue weighted by Gasteiger charge is -2.36. The zero-order valence-electron chi connectivity index (χ0n) is 16.9. The molecule has 2 aromatic carbocycles. The SMILES string of the molecule is COc1cccc(N2CC(NC(=O)N3CCN(c4ccc(F)cc4)CC3)CC2=O)c1. The zero-order valence-corrected chi connectivity index (χ0v) is 16.9. The van der Waals surface area contributed by atoms with Gasteiger partial charge in [-0.2, -0.15) is 0 Å². The van der Waals surface area contributed by atoms with Crippen molar-refractivity contribution in [1.29, 1.82) is 0 Å². The summed E-state index contributed by atoms with van der Waals surface area (Å²) >= 11 is 0. The standard InChI is InChI=1S/C22H25FN4O3/c1-30-20-4-2-3-19(14-20)27-15-17(13-21(27)28)24-22(29)26-11-9-25(10-12-26)18-7-5-16(23)6-8-18/h2-8,14,17H,9-13,15H2,1H3,(H,24,29). The van der Waals surface area contributed by atoms with Gasteiger partial charge < -0.3 is 24.8 Å². The number of methoxy groups -OCH3 is 1. The zero-order chi connectivity index (χ0) is 21.1. The maximum absolute atomic E-state index is 13.1. The Bertz CT molecular complexity index is 913. The van der Waals surface area contributed by atoms with Gasteiger partial charge in [-0.1, -0.05) is 6.07 Å². The molecule has 158 valence electrons. The molecule has 2 heterocycles. The number of ether oxygens (including phenoxy) is 1. The number of carbonyl (C=O) groups excluding carboxylic acids is 2. The van der Waals surface area contributed by atoms with Crippen LogP contribution < -0.4 is 19.9 Å². The molecule has 0 spiro atoms. The number of hydrogen-bond acceptors (Lipinski definition) is 4. The maximum atomic E-state index is 13.1. The number of hydrogen-bond donors (Lipinski definition) is 1. The molecule has 3 amide bonds. The molecule has 0 saturated carbocycles. The Labute approximate surface area is 175 Å². The molecule has 2 fully saturated rings. The van der Waals surface area contributed by atoms with E-state index in [9.17, 15) is 14.0 Å². The van der Waals surface area contributed by atoms with E-state index < -0.39 is 0 Å². The number of nitrogens with zero attached hydrogens (tertiary/aromatic N) is 3. The highest BCUT2D eigenvalue weighted by Gasteiger charge is 2.33. The van der Waals surface area contributed by atoms with Gasteiger partial charge in [0, 0.05) is 56.6 Å². The lowest BCUT2D eigenvalue weighted by Crippen LogP contribution is -2.53. The molecule has 0 bridgehead atoms. The van der Waals surface area contributed by atoms with Crippen LogP contribution in [-0.4, -0.2) is 62.7 Å². The van der Waals surface area contributed by atoms with Gasteiger partial charge >= 0.3 is 6.03 Å². The fraction of sp³-hybridized carbons (Fsp3) is 0.364. The van der Waals surface area contributed by atoms with Crippen LogP contribution in [0.4, 0.5) is 20.6 Å². The van der Waals surface area contributed by atoms with E-state index in [1.165, 1.54) is 12.1 Å². The number of urea groups is 1. The van der Waals surface area contributed by atoms with Crippen LogP contribution in [0.3, 0.4) is 0 Å². The predicted molar refractivity (Wildman–Crippen MR) is 112 cm³/mol. The Kier molecular flexibility index (Phi) is 5.74. The van der Waals surface area contributed by atoms with Crippen molar-refractivity contribution in [1.82, 2.24) is 10.2 Å². The van der Waals surface area contributed by atoms with Crippen molar-refractivity contribution in [2.45, 2.75) is 12.5 Å². The van der Waals surface area contributed by atoms with Crippen LogP contribution >= 0.6 is 0 Å². The molecule has 1 unspecified atom stereocenters. The van der Waals surface area contributed by atoms with Crippen molar-refractivity contribution in [3.63, 3.8) is 0 Å². The molecule has 2 aliphatic rings. The van der Waals surface area contributed by atoms with Gasteiger partial charge in [-0.3, -0.25) is 4.79 Å². The van der Waals surface area contributed by atoms with E-state index in [-0.39, 0.29) is 30.2 Å².